The highest BCUT2D eigenvalue weighted by Crippen LogP contribution is 2.33. The van der Waals surface area contributed by atoms with Crippen LogP contribution in [0.4, 0.5) is 0 Å². The Hall–Kier alpha value is -1.51. The largest absolute Gasteiger partial charge is 0.426 e. The molecule has 0 aliphatic heterocycles. The van der Waals surface area contributed by atoms with Crippen molar-refractivity contribution < 1.29 is 9.53 Å². The summed E-state index contributed by atoms with van der Waals surface area (Å²) >= 11 is 11.8. The topological polar surface area (TPSA) is 26.3 Å². The number of hydrogen-bond acceptors (Lipinski definition) is 2. The van der Waals surface area contributed by atoms with Gasteiger partial charge in [-0.1, -0.05) is 35.3 Å². The predicted octanol–water partition coefficient (Wildman–Crippen LogP) is 4.59. The Balaban J connectivity index is 2.50. The van der Waals surface area contributed by atoms with Gasteiger partial charge in [0.05, 0.1) is 0 Å². The smallest absolute Gasteiger partial charge is 0.308 e. The first-order valence-electron chi connectivity index (χ1n) is 5.30. The number of carbonyl (C=O) groups excluding carboxylic acids is 1. The van der Waals surface area contributed by atoms with E-state index in [1.807, 2.05) is 12.1 Å². The second kappa shape index (κ2) is 5.42. The van der Waals surface area contributed by atoms with Gasteiger partial charge in [-0.05, 0) is 35.9 Å². The van der Waals surface area contributed by atoms with E-state index in [2.05, 4.69) is 0 Å². The van der Waals surface area contributed by atoms with E-state index in [0.717, 1.165) is 11.1 Å². The van der Waals surface area contributed by atoms with Crippen LogP contribution in [0.5, 0.6) is 5.75 Å². The van der Waals surface area contributed by atoms with Gasteiger partial charge >= 0.3 is 5.97 Å². The predicted molar refractivity (Wildman–Crippen MR) is 73.2 cm³/mol. The maximum absolute atomic E-state index is 11.1. The van der Waals surface area contributed by atoms with Crippen molar-refractivity contribution in [2.45, 2.75) is 6.92 Å². The maximum atomic E-state index is 11.1. The second-order valence-corrected chi connectivity index (χ2v) is 4.61. The fourth-order valence-electron chi connectivity index (χ4n) is 1.60. The van der Waals surface area contributed by atoms with Crippen LogP contribution in [0.15, 0.2) is 42.5 Å². The molecule has 0 radical (unpaired) electrons. The quantitative estimate of drug-likeness (QED) is 0.594. The molecule has 0 unspecified atom stereocenters. The molecule has 2 rings (SSSR count). The lowest BCUT2D eigenvalue weighted by atomic mass is 10.0. The third kappa shape index (κ3) is 3.03. The number of esters is 1. The average molecular weight is 281 g/mol. The summed E-state index contributed by atoms with van der Waals surface area (Å²) in [6.45, 7) is 1.36. The van der Waals surface area contributed by atoms with Crippen molar-refractivity contribution >= 4 is 29.2 Å². The Morgan fingerprint density at radius 2 is 1.61 bits per heavy atom. The average Bonchev–Trinajstić information content (AvgIpc) is 2.32. The molecule has 0 bridgehead atoms. The Bertz CT molecular complexity index is 577. The first kappa shape index (κ1) is 12.9. The Morgan fingerprint density at radius 3 is 2.22 bits per heavy atom. The van der Waals surface area contributed by atoms with E-state index in [4.69, 9.17) is 27.9 Å². The molecular weight excluding hydrogens is 271 g/mol. The summed E-state index contributed by atoms with van der Waals surface area (Å²) < 4.78 is 5.15. The second-order valence-electron chi connectivity index (χ2n) is 3.74. The fourth-order valence-corrected chi connectivity index (χ4v) is 1.90. The summed E-state index contributed by atoms with van der Waals surface area (Å²) in [6.07, 6.45) is 0. The Kier molecular flexibility index (Phi) is 3.90. The third-order valence-electron chi connectivity index (χ3n) is 2.35. The zero-order valence-electron chi connectivity index (χ0n) is 9.61. The molecule has 0 aliphatic carbocycles. The van der Waals surface area contributed by atoms with Gasteiger partial charge in [-0.15, -0.1) is 0 Å². The lowest BCUT2D eigenvalue weighted by Crippen LogP contribution is -2.02. The minimum absolute atomic E-state index is 0.368. The van der Waals surface area contributed by atoms with Gasteiger partial charge in [0.1, 0.15) is 5.75 Å². The molecular formula is C14H10Cl2O2. The summed E-state index contributed by atoms with van der Waals surface area (Å²) in [6, 6.07) is 12.3. The first-order chi connectivity index (χ1) is 8.56. The van der Waals surface area contributed by atoms with Crippen molar-refractivity contribution in [2.75, 3.05) is 0 Å². The van der Waals surface area contributed by atoms with Crippen molar-refractivity contribution in [3.05, 3.63) is 52.5 Å². The third-order valence-corrected chi connectivity index (χ3v) is 2.84. The molecule has 4 heteroatoms. The number of carbonyl (C=O) groups is 1. The Labute approximate surface area is 115 Å². The molecule has 0 spiro atoms. The van der Waals surface area contributed by atoms with E-state index in [1.165, 1.54) is 6.92 Å². The van der Waals surface area contributed by atoms with Crippen LogP contribution in [0, 0.1) is 0 Å². The number of hydrogen-bond donors (Lipinski definition) is 0. The van der Waals surface area contributed by atoms with Gasteiger partial charge < -0.3 is 4.74 Å². The molecule has 2 aromatic carbocycles. The number of ether oxygens (including phenoxy) is 1. The standard InChI is InChI=1S/C14H10Cl2O2/c1-9(17)18-14-7-6-12(16)8-13(14)10-2-4-11(15)5-3-10/h2-8H,1H3. The molecule has 18 heavy (non-hydrogen) atoms. The summed E-state index contributed by atoms with van der Waals surface area (Å²) in [5.74, 6) is 0.113. The molecule has 2 aromatic rings. The molecule has 0 atom stereocenters. The first-order valence-corrected chi connectivity index (χ1v) is 6.06. The summed E-state index contributed by atoms with van der Waals surface area (Å²) in [5.41, 5.74) is 1.65. The van der Waals surface area contributed by atoms with Crippen LogP contribution in [0.2, 0.25) is 10.0 Å². The number of rotatable bonds is 2. The van der Waals surface area contributed by atoms with Crippen LogP contribution in [-0.4, -0.2) is 5.97 Å². The normalized spacial score (nSPS) is 10.2. The zero-order chi connectivity index (χ0) is 13.1. The fraction of sp³-hybridized carbons (Fsp3) is 0.0714. The molecule has 0 saturated carbocycles. The zero-order valence-corrected chi connectivity index (χ0v) is 11.1. The molecule has 0 amide bonds. The van der Waals surface area contributed by atoms with Crippen LogP contribution in [0.25, 0.3) is 11.1 Å². The minimum atomic E-state index is -0.368. The molecule has 2 nitrogen and oxygen atoms in total. The summed E-state index contributed by atoms with van der Waals surface area (Å²) in [5, 5.41) is 1.23. The molecule has 0 aromatic heterocycles. The van der Waals surface area contributed by atoms with Crippen LogP contribution >= 0.6 is 23.2 Å². The van der Waals surface area contributed by atoms with Crippen molar-refractivity contribution in [2.24, 2.45) is 0 Å². The highest BCUT2D eigenvalue weighted by atomic mass is 35.5. The van der Waals surface area contributed by atoms with E-state index in [0.29, 0.717) is 15.8 Å². The van der Waals surface area contributed by atoms with Gasteiger partial charge in [-0.2, -0.15) is 0 Å². The molecule has 0 heterocycles. The van der Waals surface area contributed by atoms with Gasteiger partial charge in [-0.25, -0.2) is 0 Å². The van der Waals surface area contributed by atoms with Crippen molar-refractivity contribution in [1.29, 1.82) is 0 Å². The van der Waals surface area contributed by atoms with E-state index in [1.54, 1.807) is 30.3 Å². The van der Waals surface area contributed by atoms with Crippen LogP contribution in [0.3, 0.4) is 0 Å². The summed E-state index contributed by atoms with van der Waals surface area (Å²) in [7, 11) is 0. The van der Waals surface area contributed by atoms with Gasteiger partial charge in [-0.3, -0.25) is 4.79 Å². The molecule has 0 saturated heterocycles. The van der Waals surface area contributed by atoms with Gasteiger partial charge in [0.25, 0.3) is 0 Å². The van der Waals surface area contributed by atoms with Gasteiger partial charge in [0, 0.05) is 22.5 Å². The SMILES string of the molecule is CC(=O)Oc1ccc(Cl)cc1-c1ccc(Cl)cc1. The highest BCUT2D eigenvalue weighted by Gasteiger charge is 2.09. The molecule has 0 aliphatic rings. The monoisotopic (exact) mass is 280 g/mol. The molecule has 0 fully saturated rings. The molecule has 92 valence electrons. The molecule has 0 N–H and O–H groups in total. The van der Waals surface area contributed by atoms with Crippen LogP contribution < -0.4 is 4.74 Å². The lowest BCUT2D eigenvalue weighted by Gasteiger charge is -2.09. The number of halogens is 2. The van der Waals surface area contributed by atoms with Gasteiger partial charge in [0.2, 0.25) is 0 Å². The van der Waals surface area contributed by atoms with E-state index in [9.17, 15) is 4.79 Å². The van der Waals surface area contributed by atoms with Crippen LogP contribution in [0.1, 0.15) is 6.92 Å². The van der Waals surface area contributed by atoms with Crippen molar-refractivity contribution in [3.63, 3.8) is 0 Å². The maximum Gasteiger partial charge on any atom is 0.308 e. The van der Waals surface area contributed by atoms with Crippen molar-refractivity contribution in [3.8, 4) is 16.9 Å². The number of benzene rings is 2. The van der Waals surface area contributed by atoms with E-state index >= 15 is 0 Å². The van der Waals surface area contributed by atoms with Gasteiger partial charge in [0.15, 0.2) is 0 Å². The Morgan fingerprint density at radius 1 is 1.00 bits per heavy atom. The van der Waals surface area contributed by atoms with Crippen LogP contribution in [-0.2, 0) is 4.79 Å². The highest BCUT2D eigenvalue weighted by molar-refractivity contribution is 6.31. The summed E-state index contributed by atoms with van der Waals surface area (Å²) in [4.78, 5) is 11.1. The lowest BCUT2D eigenvalue weighted by molar-refractivity contribution is -0.131. The van der Waals surface area contributed by atoms with E-state index < -0.39 is 0 Å². The van der Waals surface area contributed by atoms with E-state index in [-0.39, 0.29) is 5.97 Å². The minimum Gasteiger partial charge on any atom is -0.426 e. The van der Waals surface area contributed by atoms with Crippen molar-refractivity contribution in [1.82, 2.24) is 0 Å².